The van der Waals surface area contributed by atoms with Crippen molar-refractivity contribution < 1.29 is 9.90 Å². The Morgan fingerprint density at radius 1 is 1.45 bits per heavy atom. The summed E-state index contributed by atoms with van der Waals surface area (Å²) in [5, 5.41) is 8.71. The van der Waals surface area contributed by atoms with Gasteiger partial charge in [-0.2, -0.15) is 0 Å². The van der Waals surface area contributed by atoms with Gasteiger partial charge in [0.15, 0.2) is 0 Å². The first-order valence-corrected chi connectivity index (χ1v) is 3.67. The van der Waals surface area contributed by atoms with Crippen molar-refractivity contribution in [1.29, 1.82) is 0 Å². The molecule has 3 heteroatoms. The quantitative estimate of drug-likeness (QED) is 0.618. The standard InChI is InChI=1S/C8H15NO2/c1-5-9-6(7(10)11)8(2,3)4/h5H2,1-4H3,(H,10,11). The Hall–Kier alpha value is -0.860. The molecule has 0 atom stereocenters. The molecule has 0 aliphatic carbocycles. The van der Waals surface area contributed by atoms with Crippen molar-refractivity contribution >= 4 is 11.7 Å². The number of carbonyl (C=O) groups is 1. The first-order valence-electron chi connectivity index (χ1n) is 3.67. The molecular formula is C8H15NO2. The lowest BCUT2D eigenvalue weighted by atomic mass is 9.90. The third kappa shape index (κ3) is 3.16. The Labute approximate surface area is 67.1 Å². The van der Waals surface area contributed by atoms with E-state index in [1.165, 1.54) is 0 Å². The minimum absolute atomic E-state index is 0.250. The van der Waals surface area contributed by atoms with Gasteiger partial charge >= 0.3 is 5.97 Å². The highest BCUT2D eigenvalue weighted by atomic mass is 16.4. The Kier molecular flexibility index (Phi) is 3.23. The molecular weight excluding hydrogens is 142 g/mol. The summed E-state index contributed by atoms with van der Waals surface area (Å²) in [5.74, 6) is -0.917. The molecule has 0 saturated heterocycles. The van der Waals surface area contributed by atoms with Gasteiger partial charge < -0.3 is 5.11 Å². The normalized spacial score (nSPS) is 13.3. The van der Waals surface area contributed by atoms with Crippen molar-refractivity contribution in [3.05, 3.63) is 0 Å². The molecule has 0 spiro atoms. The van der Waals surface area contributed by atoms with E-state index in [0.29, 0.717) is 6.54 Å². The van der Waals surface area contributed by atoms with Crippen LogP contribution in [0.1, 0.15) is 27.7 Å². The van der Waals surface area contributed by atoms with Gasteiger partial charge in [-0.1, -0.05) is 20.8 Å². The predicted octanol–water partition coefficient (Wildman–Crippen LogP) is 1.58. The first-order chi connectivity index (χ1) is 4.89. The van der Waals surface area contributed by atoms with Crippen LogP contribution in [0.4, 0.5) is 0 Å². The van der Waals surface area contributed by atoms with Crippen molar-refractivity contribution in [2.24, 2.45) is 10.4 Å². The van der Waals surface area contributed by atoms with E-state index in [1.54, 1.807) is 0 Å². The number of carboxylic acids is 1. The highest BCUT2D eigenvalue weighted by Gasteiger charge is 2.24. The van der Waals surface area contributed by atoms with Crippen molar-refractivity contribution in [1.82, 2.24) is 0 Å². The minimum Gasteiger partial charge on any atom is -0.477 e. The number of rotatable bonds is 2. The van der Waals surface area contributed by atoms with Gasteiger partial charge in [0.05, 0.1) is 0 Å². The third-order valence-corrected chi connectivity index (χ3v) is 1.23. The maximum atomic E-state index is 10.6. The fourth-order valence-corrected chi connectivity index (χ4v) is 0.784. The summed E-state index contributed by atoms with van der Waals surface area (Å²) in [4.78, 5) is 14.5. The topological polar surface area (TPSA) is 49.7 Å². The lowest BCUT2D eigenvalue weighted by Crippen LogP contribution is -2.28. The summed E-state index contributed by atoms with van der Waals surface area (Å²) in [6.07, 6.45) is 0. The second-order valence-corrected chi connectivity index (χ2v) is 3.38. The van der Waals surface area contributed by atoms with Crippen LogP contribution in [0.15, 0.2) is 4.99 Å². The Morgan fingerprint density at radius 3 is 2.00 bits per heavy atom. The van der Waals surface area contributed by atoms with Gasteiger partial charge in [0.1, 0.15) is 5.71 Å². The molecule has 0 saturated carbocycles. The summed E-state index contributed by atoms with van der Waals surface area (Å²) in [7, 11) is 0. The van der Waals surface area contributed by atoms with Gasteiger partial charge in [-0.05, 0) is 6.92 Å². The molecule has 0 bridgehead atoms. The van der Waals surface area contributed by atoms with Crippen molar-refractivity contribution in [2.75, 3.05) is 6.54 Å². The second-order valence-electron chi connectivity index (χ2n) is 3.38. The van der Waals surface area contributed by atoms with Crippen LogP contribution in [0.25, 0.3) is 0 Å². The van der Waals surface area contributed by atoms with Gasteiger partial charge in [0.2, 0.25) is 0 Å². The maximum absolute atomic E-state index is 10.6. The Balaban J connectivity index is 4.63. The molecule has 0 radical (unpaired) electrons. The van der Waals surface area contributed by atoms with Crippen LogP contribution in [0.3, 0.4) is 0 Å². The summed E-state index contributed by atoms with van der Waals surface area (Å²) in [6.45, 7) is 7.88. The molecule has 0 unspecified atom stereocenters. The van der Waals surface area contributed by atoms with E-state index in [4.69, 9.17) is 5.11 Å². The lowest BCUT2D eigenvalue weighted by Gasteiger charge is -2.17. The van der Waals surface area contributed by atoms with Crippen LogP contribution in [-0.4, -0.2) is 23.3 Å². The Bertz CT molecular complexity index is 177. The molecule has 0 fully saturated rings. The fourth-order valence-electron chi connectivity index (χ4n) is 0.784. The number of carboxylic acid groups (broad SMARTS) is 1. The number of nitrogens with zero attached hydrogens (tertiary/aromatic N) is 1. The molecule has 0 aliphatic rings. The van der Waals surface area contributed by atoms with Crippen molar-refractivity contribution in [3.8, 4) is 0 Å². The smallest absolute Gasteiger partial charge is 0.350 e. The third-order valence-electron chi connectivity index (χ3n) is 1.23. The van der Waals surface area contributed by atoms with E-state index in [1.807, 2.05) is 27.7 Å². The molecule has 0 aliphatic heterocycles. The maximum Gasteiger partial charge on any atom is 0.350 e. The van der Waals surface area contributed by atoms with E-state index in [9.17, 15) is 4.79 Å². The van der Waals surface area contributed by atoms with E-state index in [0.717, 1.165) is 0 Å². The van der Waals surface area contributed by atoms with Crippen molar-refractivity contribution in [2.45, 2.75) is 27.7 Å². The van der Waals surface area contributed by atoms with E-state index in [2.05, 4.69) is 4.99 Å². The van der Waals surface area contributed by atoms with Crippen LogP contribution in [0.5, 0.6) is 0 Å². The van der Waals surface area contributed by atoms with Gasteiger partial charge in [0, 0.05) is 12.0 Å². The zero-order chi connectivity index (χ0) is 9.07. The molecule has 0 aromatic rings. The van der Waals surface area contributed by atoms with Gasteiger partial charge in [-0.25, -0.2) is 4.79 Å². The largest absolute Gasteiger partial charge is 0.477 e. The molecule has 0 heterocycles. The average Bonchev–Trinajstić information content (AvgIpc) is 1.79. The highest BCUT2D eigenvalue weighted by Crippen LogP contribution is 2.16. The number of aliphatic carboxylic acids is 1. The molecule has 64 valence electrons. The summed E-state index contributed by atoms with van der Waals surface area (Å²) < 4.78 is 0. The molecule has 3 nitrogen and oxygen atoms in total. The van der Waals surface area contributed by atoms with Gasteiger partial charge in [-0.15, -0.1) is 0 Å². The van der Waals surface area contributed by atoms with Crippen LogP contribution in [0.2, 0.25) is 0 Å². The highest BCUT2D eigenvalue weighted by molar-refractivity contribution is 6.37. The van der Waals surface area contributed by atoms with Crippen LogP contribution >= 0.6 is 0 Å². The minimum atomic E-state index is -0.917. The monoisotopic (exact) mass is 157 g/mol. The average molecular weight is 157 g/mol. The fraction of sp³-hybridized carbons (Fsp3) is 0.750. The molecule has 0 aromatic heterocycles. The molecule has 0 amide bonds. The van der Waals surface area contributed by atoms with Crippen LogP contribution in [-0.2, 0) is 4.79 Å². The molecule has 0 aromatic carbocycles. The zero-order valence-electron chi connectivity index (χ0n) is 7.51. The molecule has 0 rings (SSSR count). The number of hydrogen-bond donors (Lipinski definition) is 1. The van der Waals surface area contributed by atoms with Gasteiger partial charge in [-0.3, -0.25) is 4.99 Å². The predicted molar refractivity (Wildman–Crippen MR) is 45.1 cm³/mol. The summed E-state index contributed by atoms with van der Waals surface area (Å²) in [6, 6.07) is 0. The first kappa shape index (κ1) is 10.1. The molecule has 1 N–H and O–H groups in total. The van der Waals surface area contributed by atoms with Crippen LogP contribution in [0, 0.1) is 5.41 Å². The second kappa shape index (κ2) is 3.51. The summed E-state index contributed by atoms with van der Waals surface area (Å²) in [5.41, 5.74) is -0.109. The van der Waals surface area contributed by atoms with E-state index < -0.39 is 5.97 Å². The lowest BCUT2D eigenvalue weighted by molar-refractivity contribution is -0.129. The number of hydrogen-bond acceptors (Lipinski definition) is 2. The Morgan fingerprint density at radius 2 is 1.91 bits per heavy atom. The molecule has 11 heavy (non-hydrogen) atoms. The zero-order valence-corrected chi connectivity index (χ0v) is 7.51. The summed E-state index contributed by atoms with van der Waals surface area (Å²) >= 11 is 0. The van der Waals surface area contributed by atoms with Gasteiger partial charge in [0.25, 0.3) is 0 Å². The van der Waals surface area contributed by atoms with E-state index in [-0.39, 0.29) is 11.1 Å². The van der Waals surface area contributed by atoms with Crippen LogP contribution < -0.4 is 0 Å². The number of aliphatic imine (C=N–C) groups is 1. The SMILES string of the molecule is CCN=C(C(=O)O)C(C)(C)C. The van der Waals surface area contributed by atoms with E-state index >= 15 is 0 Å². The van der Waals surface area contributed by atoms with Crippen molar-refractivity contribution in [3.63, 3.8) is 0 Å².